The molecule has 0 radical (unpaired) electrons. The predicted octanol–water partition coefficient (Wildman–Crippen LogP) is 1.63. The number of β-lactam (4-membered cyclic amide) rings is 1. The summed E-state index contributed by atoms with van der Waals surface area (Å²) in [5, 5.41) is 0. The Bertz CT molecular complexity index is 597. The van der Waals surface area contributed by atoms with E-state index in [0.717, 1.165) is 18.4 Å². The Morgan fingerprint density at radius 3 is 2.42 bits per heavy atom. The first-order chi connectivity index (χ1) is 11.5. The lowest BCUT2D eigenvalue weighted by Crippen LogP contribution is -2.64. The topological polar surface area (TPSA) is 62.7 Å². The van der Waals surface area contributed by atoms with Crippen LogP contribution in [0.4, 0.5) is 0 Å². The fourth-order valence-electron chi connectivity index (χ4n) is 3.75. The molecule has 1 aromatic heterocycles. The summed E-state index contributed by atoms with van der Waals surface area (Å²) in [7, 11) is 1.58. The van der Waals surface area contributed by atoms with Crippen molar-refractivity contribution in [2.24, 2.45) is 5.92 Å². The molecule has 0 unspecified atom stereocenters. The van der Waals surface area contributed by atoms with Crippen LogP contribution >= 0.6 is 0 Å². The summed E-state index contributed by atoms with van der Waals surface area (Å²) < 4.78 is 5.40. The second kappa shape index (κ2) is 6.89. The predicted molar refractivity (Wildman–Crippen MR) is 89.1 cm³/mol. The highest BCUT2D eigenvalue weighted by Crippen LogP contribution is 2.40. The van der Waals surface area contributed by atoms with Gasteiger partial charge in [0.2, 0.25) is 5.91 Å². The van der Waals surface area contributed by atoms with E-state index in [1.54, 1.807) is 19.5 Å². The maximum Gasteiger partial charge on any atom is 0.255 e. The molecule has 2 fully saturated rings. The van der Waals surface area contributed by atoms with Gasteiger partial charge in [0.1, 0.15) is 0 Å². The smallest absolute Gasteiger partial charge is 0.255 e. The van der Waals surface area contributed by atoms with Crippen LogP contribution in [0.2, 0.25) is 0 Å². The van der Waals surface area contributed by atoms with E-state index in [4.69, 9.17) is 4.74 Å². The fourth-order valence-corrected chi connectivity index (χ4v) is 3.75. The summed E-state index contributed by atoms with van der Waals surface area (Å²) in [5.41, 5.74) is 1.05. The van der Waals surface area contributed by atoms with Crippen molar-refractivity contribution in [3.63, 3.8) is 0 Å². The van der Waals surface area contributed by atoms with Crippen LogP contribution in [0.3, 0.4) is 0 Å². The van der Waals surface area contributed by atoms with Crippen molar-refractivity contribution in [2.45, 2.75) is 44.9 Å². The number of carbonyl (C=O) groups is 2. The second-order valence-corrected chi connectivity index (χ2v) is 6.84. The maximum atomic E-state index is 12.5. The normalized spacial score (nSPS) is 25.1. The van der Waals surface area contributed by atoms with Crippen molar-refractivity contribution in [3.05, 3.63) is 30.1 Å². The monoisotopic (exact) mass is 331 g/mol. The molecule has 0 saturated carbocycles. The molecular formula is C18H25N3O3. The molecule has 6 nitrogen and oxygen atoms in total. The second-order valence-electron chi connectivity index (χ2n) is 6.84. The lowest BCUT2D eigenvalue weighted by atomic mass is 9.86. The van der Waals surface area contributed by atoms with Crippen LogP contribution < -0.4 is 0 Å². The zero-order chi connectivity index (χ0) is 17.3. The number of carbonyl (C=O) groups excluding carboxylic acids is 2. The quantitative estimate of drug-likeness (QED) is 0.787. The lowest BCUT2D eigenvalue weighted by molar-refractivity contribution is -0.178. The van der Waals surface area contributed by atoms with Gasteiger partial charge in [-0.25, -0.2) is 0 Å². The van der Waals surface area contributed by atoms with Gasteiger partial charge in [-0.05, 0) is 30.5 Å². The summed E-state index contributed by atoms with van der Waals surface area (Å²) in [4.78, 5) is 32.5. The Balaban J connectivity index is 1.70. The van der Waals surface area contributed by atoms with Crippen molar-refractivity contribution in [1.29, 1.82) is 0 Å². The molecule has 2 saturated heterocycles. The zero-order valence-electron chi connectivity index (χ0n) is 14.5. The number of amides is 2. The molecular weight excluding hydrogens is 306 g/mol. The van der Waals surface area contributed by atoms with Crippen molar-refractivity contribution in [1.82, 2.24) is 14.8 Å². The van der Waals surface area contributed by atoms with Crippen LogP contribution in [0.1, 0.15) is 38.3 Å². The standard InChI is InChI=1S/C18H25N3O3/c1-12(2)17(22)20-10-6-14(7-11-20)21-15(16(24-3)18(21)23)13-4-8-19-9-5-13/h4-5,8-9,12,14-16H,6-7,10-11H2,1-3H3/t15-,16+/m0/s1. The average molecular weight is 331 g/mol. The number of methoxy groups -OCH3 is 1. The van der Waals surface area contributed by atoms with E-state index >= 15 is 0 Å². The Labute approximate surface area is 142 Å². The molecule has 3 rings (SSSR count). The molecule has 3 heterocycles. The number of aromatic nitrogens is 1. The van der Waals surface area contributed by atoms with Crippen LogP contribution in [-0.2, 0) is 14.3 Å². The van der Waals surface area contributed by atoms with Crippen LogP contribution in [0.25, 0.3) is 0 Å². The molecule has 2 amide bonds. The molecule has 2 atom stereocenters. The first kappa shape index (κ1) is 16.9. The van der Waals surface area contributed by atoms with Crippen LogP contribution in [0, 0.1) is 5.92 Å². The van der Waals surface area contributed by atoms with Crippen molar-refractivity contribution >= 4 is 11.8 Å². The number of pyridine rings is 1. The van der Waals surface area contributed by atoms with Crippen LogP contribution in [0.5, 0.6) is 0 Å². The van der Waals surface area contributed by atoms with Gasteiger partial charge < -0.3 is 14.5 Å². The molecule has 0 aliphatic carbocycles. The number of hydrogen-bond acceptors (Lipinski definition) is 4. The molecule has 0 bridgehead atoms. The molecule has 24 heavy (non-hydrogen) atoms. The fraction of sp³-hybridized carbons (Fsp3) is 0.611. The van der Waals surface area contributed by atoms with E-state index in [2.05, 4.69) is 4.98 Å². The number of hydrogen-bond donors (Lipinski definition) is 0. The molecule has 1 aromatic rings. The molecule has 0 aromatic carbocycles. The highest BCUT2D eigenvalue weighted by molar-refractivity contribution is 5.89. The summed E-state index contributed by atoms with van der Waals surface area (Å²) in [6.45, 7) is 5.28. The van der Waals surface area contributed by atoms with Gasteiger partial charge in [0.05, 0.1) is 6.04 Å². The van der Waals surface area contributed by atoms with E-state index in [0.29, 0.717) is 13.1 Å². The van der Waals surface area contributed by atoms with Crippen molar-refractivity contribution in [3.8, 4) is 0 Å². The Morgan fingerprint density at radius 2 is 1.88 bits per heavy atom. The van der Waals surface area contributed by atoms with E-state index < -0.39 is 6.10 Å². The van der Waals surface area contributed by atoms with Gasteiger partial charge in [-0.2, -0.15) is 0 Å². The number of nitrogens with zero attached hydrogens (tertiary/aromatic N) is 3. The minimum atomic E-state index is -0.414. The molecule has 0 N–H and O–H groups in total. The Hall–Kier alpha value is -1.95. The van der Waals surface area contributed by atoms with Gasteiger partial charge in [0.15, 0.2) is 6.10 Å². The van der Waals surface area contributed by atoms with Gasteiger partial charge in [-0.3, -0.25) is 14.6 Å². The van der Waals surface area contributed by atoms with Gasteiger partial charge in [0, 0.05) is 44.6 Å². The summed E-state index contributed by atoms with van der Waals surface area (Å²) in [6.07, 6.45) is 4.72. The van der Waals surface area contributed by atoms with Crippen LogP contribution in [-0.4, -0.2) is 58.9 Å². The van der Waals surface area contributed by atoms with E-state index in [9.17, 15) is 9.59 Å². The van der Waals surface area contributed by atoms with Crippen molar-refractivity contribution < 1.29 is 14.3 Å². The van der Waals surface area contributed by atoms with E-state index in [1.807, 2.05) is 35.8 Å². The number of likely N-dealkylation sites (tertiary alicyclic amines) is 2. The van der Waals surface area contributed by atoms with Gasteiger partial charge in [-0.15, -0.1) is 0 Å². The summed E-state index contributed by atoms with van der Waals surface area (Å²) in [6, 6.07) is 3.99. The summed E-state index contributed by atoms with van der Waals surface area (Å²) in [5.74, 6) is 0.270. The Morgan fingerprint density at radius 1 is 1.25 bits per heavy atom. The van der Waals surface area contributed by atoms with E-state index in [-0.39, 0.29) is 29.8 Å². The third-order valence-corrected chi connectivity index (χ3v) is 5.05. The Kier molecular flexibility index (Phi) is 4.85. The third kappa shape index (κ3) is 2.90. The number of piperidine rings is 1. The molecule has 130 valence electrons. The zero-order valence-corrected chi connectivity index (χ0v) is 14.5. The number of rotatable bonds is 4. The highest BCUT2D eigenvalue weighted by atomic mass is 16.5. The highest BCUT2D eigenvalue weighted by Gasteiger charge is 2.51. The SMILES string of the molecule is CO[C@H]1C(=O)N(C2CCN(C(=O)C(C)C)CC2)[C@H]1c1ccncc1. The minimum absolute atomic E-state index is 0.0228. The number of ether oxygens (including phenoxy) is 1. The molecule has 2 aliphatic heterocycles. The lowest BCUT2D eigenvalue weighted by Gasteiger charge is -2.52. The molecule has 0 spiro atoms. The van der Waals surface area contributed by atoms with Gasteiger partial charge in [-0.1, -0.05) is 13.8 Å². The van der Waals surface area contributed by atoms with E-state index in [1.165, 1.54) is 0 Å². The third-order valence-electron chi connectivity index (χ3n) is 5.05. The van der Waals surface area contributed by atoms with Crippen LogP contribution in [0.15, 0.2) is 24.5 Å². The van der Waals surface area contributed by atoms with Gasteiger partial charge >= 0.3 is 0 Å². The molecule has 6 heteroatoms. The summed E-state index contributed by atoms with van der Waals surface area (Å²) >= 11 is 0. The van der Waals surface area contributed by atoms with Crippen molar-refractivity contribution in [2.75, 3.05) is 20.2 Å². The molecule has 2 aliphatic rings. The average Bonchev–Trinajstić information content (AvgIpc) is 2.60. The van der Waals surface area contributed by atoms with Gasteiger partial charge in [0.25, 0.3) is 5.91 Å². The first-order valence-electron chi connectivity index (χ1n) is 8.58. The largest absolute Gasteiger partial charge is 0.369 e. The first-order valence-corrected chi connectivity index (χ1v) is 8.58. The minimum Gasteiger partial charge on any atom is -0.369 e. The maximum absolute atomic E-state index is 12.5.